The van der Waals surface area contributed by atoms with E-state index in [0.717, 1.165) is 36.1 Å². The summed E-state index contributed by atoms with van der Waals surface area (Å²) in [5, 5.41) is 10.2. The molecule has 1 amide bonds. The van der Waals surface area contributed by atoms with Gasteiger partial charge in [-0.1, -0.05) is 11.8 Å². The molecule has 1 aliphatic carbocycles. The Morgan fingerprint density at radius 1 is 1.38 bits per heavy atom. The zero-order valence-electron chi connectivity index (χ0n) is 14.6. The number of nitrogens with two attached hydrogens (primary N) is 1. The number of carbonyl (C=O) groups excluding carboxylic acids is 2. The number of ether oxygens (including phenoxy) is 1. The van der Waals surface area contributed by atoms with Crippen LogP contribution in [-0.2, 0) is 22.4 Å². The number of thioether (sulfide) groups is 1. The van der Waals surface area contributed by atoms with Crippen LogP contribution < -0.4 is 11.1 Å². The third kappa shape index (κ3) is 4.36. The molecule has 0 saturated heterocycles. The van der Waals surface area contributed by atoms with Gasteiger partial charge in [-0.3, -0.25) is 4.79 Å². The number of thiophene rings is 1. The van der Waals surface area contributed by atoms with Gasteiger partial charge in [0.05, 0.1) is 17.4 Å². The summed E-state index contributed by atoms with van der Waals surface area (Å²) >= 11 is 2.64. The van der Waals surface area contributed by atoms with Gasteiger partial charge in [0.25, 0.3) is 0 Å². The molecule has 0 fully saturated rings. The van der Waals surface area contributed by atoms with Crippen molar-refractivity contribution in [1.29, 1.82) is 0 Å². The van der Waals surface area contributed by atoms with Gasteiger partial charge in [-0.2, -0.15) is 4.98 Å². The van der Waals surface area contributed by atoms with Gasteiger partial charge in [-0.25, -0.2) is 9.89 Å². The van der Waals surface area contributed by atoms with Crippen LogP contribution in [0.25, 0.3) is 0 Å². The Balaban J connectivity index is 1.74. The summed E-state index contributed by atoms with van der Waals surface area (Å²) in [6, 6.07) is 0. The molecule has 1 aliphatic rings. The Hall–Kier alpha value is -2.07. The number of amides is 1. The minimum atomic E-state index is -0.371. The molecule has 26 heavy (non-hydrogen) atoms. The average molecular weight is 396 g/mol. The number of esters is 1. The SMILES string of the molecule is CC(C)OC(=O)c1c(NC(=O)CSc2n[nH]c(N)n2)sc2c1CCCC2. The second-order valence-electron chi connectivity index (χ2n) is 6.21. The predicted molar refractivity (Wildman–Crippen MR) is 102 cm³/mol. The topological polar surface area (TPSA) is 123 Å². The van der Waals surface area contributed by atoms with Gasteiger partial charge < -0.3 is 15.8 Å². The van der Waals surface area contributed by atoms with E-state index < -0.39 is 0 Å². The van der Waals surface area contributed by atoms with E-state index >= 15 is 0 Å². The zero-order valence-corrected chi connectivity index (χ0v) is 16.3. The number of nitrogens with one attached hydrogen (secondary N) is 2. The number of carbonyl (C=O) groups is 2. The Labute approximate surface area is 159 Å². The minimum absolute atomic E-state index is 0.124. The number of aromatic nitrogens is 3. The Morgan fingerprint density at radius 2 is 2.15 bits per heavy atom. The Kier molecular flexibility index (Phi) is 5.82. The molecule has 0 unspecified atom stereocenters. The maximum absolute atomic E-state index is 12.6. The second kappa shape index (κ2) is 8.09. The highest BCUT2D eigenvalue weighted by Gasteiger charge is 2.27. The van der Waals surface area contributed by atoms with E-state index in [2.05, 4.69) is 20.5 Å². The lowest BCUT2D eigenvalue weighted by Crippen LogP contribution is -2.18. The van der Waals surface area contributed by atoms with Crippen molar-refractivity contribution in [3.63, 3.8) is 0 Å². The van der Waals surface area contributed by atoms with E-state index in [0.29, 0.717) is 15.7 Å². The lowest BCUT2D eigenvalue weighted by Gasteiger charge is -2.14. The molecular weight excluding hydrogens is 374 g/mol. The number of fused-ring (bicyclic) bond motifs is 1. The highest BCUT2D eigenvalue weighted by Crippen LogP contribution is 2.38. The molecule has 0 spiro atoms. The van der Waals surface area contributed by atoms with Gasteiger partial charge in [-0.05, 0) is 45.1 Å². The van der Waals surface area contributed by atoms with Crippen molar-refractivity contribution in [2.45, 2.75) is 50.8 Å². The summed E-state index contributed by atoms with van der Waals surface area (Å²) in [6.45, 7) is 3.63. The number of nitrogens with zero attached hydrogens (tertiary/aromatic N) is 2. The highest BCUT2D eigenvalue weighted by molar-refractivity contribution is 7.99. The number of H-pyrrole nitrogens is 1. The van der Waals surface area contributed by atoms with Crippen LogP contribution in [0.1, 0.15) is 47.5 Å². The molecule has 2 heterocycles. The molecule has 8 nitrogen and oxygen atoms in total. The molecule has 0 bridgehead atoms. The van der Waals surface area contributed by atoms with Gasteiger partial charge in [0.15, 0.2) is 0 Å². The van der Waals surface area contributed by atoms with Crippen molar-refractivity contribution in [1.82, 2.24) is 15.2 Å². The molecule has 140 valence electrons. The van der Waals surface area contributed by atoms with Crippen molar-refractivity contribution in [2.24, 2.45) is 0 Å². The normalized spacial score (nSPS) is 13.5. The summed E-state index contributed by atoms with van der Waals surface area (Å²) in [5.74, 6) is -0.268. The van der Waals surface area contributed by atoms with Crippen LogP contribution in [0.15, 0.2) is 5.16 Å². The third-order valence-electron chi connectivity index (χ3n) is 3.79. The number of hydrogen-bond acceptors (Lipinski definition) is 8. The van der Waals surface area contributed by atoms with Crippen LogP contribution in [0.4, 0.5) is 10.9 Å². The van der Waals surface area contributed by atoms with Gasteiger partial charge >= 0.3 is 5.97 Å². The number of rotatable bonds is 6. The van der Waals surface area contributed by atoms with Gasteiger partial charge in [-0.15, -0.1) is 16.4 Å². The first-order valence-corrected chi connectivity index (χ1v) is 10.2. The lowest BCUT2D eigenvalue weighted by atomic mass is 9.95. The molecule has 0 aliphatic heterocycles. The summed E-state index contributed by atoms with van der Waals surface area (Å²) < 4.78 is 5.39. The van der Waals surface area contributed by atoms with E-state index in [1.807, 2.05) is 13.8 Å². The van der Waals surface area contributed by atoms with Crippen LogP contribution in [0, 0.1) is 0 Å². The summed E-state index contributed by atoms with van der Waals surface area (Å²) in [4.78, 5) is 30.0. The fourth-order valence-corrected chi connectivity index (χ4v) is 4.66. The number of aryl methyl sites for hydroxylation is 1. The first kappa shape index (κ1) is 18.7. The van der Waals surface area contributed by atoms with Crippen molar-refractivity contribution in [2.75, 3.05) is 16.8 Å². The molecule has 10 heteroatoms. The summed E-state index contributed by atoms with van der Waals surface area (Å²) in [6.07, 6.45) is 3.71. The molecular formula is C16H21N5O3S2. The Morgan fingerprint density at radius 3 is 2.85 bits per heavy atom. The smallest absolute Gasteiger partial charge is 0.341 e. The van der Waals surface area contributed by atoms with Crippen LogP contribution in [-0.4, -0.2) is 38.9 Å². The maximum atomic E-state index is 12.6. The molecule has 0 atom stereocenters. The molecule has 2 aromatic rings. The largest absolute Gasteiger partial charge is 0.459 e. The first-order chi connectivity index (χ1) is 12.4. The van der Waals surface area contributed by atoms with E-state index in [-0.39, 0.29) is 29.7 Å². The number of nitrogen functional groups attached to an aromatic ring is 1. The minimum Gasteiger partial charge on any atom is -0.459 e. The molecule has 0 saturated carbocycles. The summed E-state index contributed by atoms with van der Waals surface area (Å²) in [7, 11) is 0. The highest BCUT2D eigenvalue weighted by atomic mass is 32.2. The van der Waals surface area contributed by atoms with E-state index in [4.69, 9.17) is 10.5 Å². The number of aromatic amines is 1. The fraction of sp³-hybridized carbons (Fsp3) is 0.500. The fourth-order valence-electron chi connectivity index (χ4n) is 2.76. The Bertz CT molecular complexity index is 815. The molecule has 2 aromatic heterocycles. The van der Waals surface area contributed by atoms with E-state index in [1.54, 1.807) is 0 Å². The van der Waals surface area contributed by atoms with E-state index in [1.165, 1.54) is 23.1 Å². The van der Waals surface area contributed by atoms with Crippen molar-refractivity contribution >= 4 is 45.9 Å². The summed E-state index contributed by atoms with van der Waals surface area (Å²) in [5.41, 5.74) is 7.00. The van der Waals surface area contributed by atoms with Crippen molar-refractivity contribution in [3.05, 3.63) is 16.0 Å². The maximum Gasteiger partial charge on any atom is 0.341 e. The van der Waals surface area contributed by atoms with Crippen LogP contribution in [0.3, 0.4) is 0 Å². The average Bonchev–Trinajstić information content (AvgIpc) is 3.15. The van der Waals surface area contributed by atoms with Crippen molar-refractivity contribution < 1.29 is 14.3 Å². The van der Waals surface area contributed by atoms with Gasteiger partial charge in [0, 0.05) is 4.88 Å². The van der Waals surface area contributed by atoms with Gasteiger partial charge in [0.1, 0.15) is 5.00 Å². The standard InChI is InChI=1S/C16H21N5O3S2/c1-8(2)24-14(23)12-9-5-3-4-6-10(9)26-13(12)18-11(22)7-25-16-19-15(17)20-21-16/h8H,3-7H2,1-2H3,(H,18,22)(H3,17,19,20,21). The predicted octanol–water partition coefficient (Wildman–Crippen LogP) is 2.62. The van der Waals surface area contributed by atoms with Gasteiger partial charge in [0.2, 0.25) is 17.0 Å². The molecule has 0 aromatic carbocycles. The number of anilines is 2. The van der Waals surface area contributed by atoms with Crippen LogP contribution >= 0.6 is 23.1 Å². The van der Waals surface area contributed by atoms with Crippen molar-refractivity contribution in [3.8, 4) is 0 Å². The zero-order chi connectivity index (χ0) is 18.7. The molecule has 0 radical (unpaired) electrons. The van der Waals surface area contributed by atoms with Crippen LogP contribution in [0.5, 0.6) is 0 Å². The first-order valence-electron chi connectivity index (χ1n) is 8.40. The van der Waals surface area contributed by atoms with E-state index in [9.17, 15) is 9.59 Å². The monoisotopic (exact) mass is 395 g/mol. The number of hydrogen-bond donors (Lipinski definition) is 3. The lowest BCUT2D eigenvalue weighted by molar-refractivity contribution is -0.113. The second-order valence-corrected chi connectivity index (χ2v) is 8.26. The van der Waals surface area contributed by atoms with Crippen LogP contribution in [0.2, 0.25) is 0 Å². The molecule has 3 rings (SSSR count). The third-order valence-corrected chi connectivity index (χ3v) is 5.84. The molecule has 4 N–H and O–H groups in total. The quantitative estimate of drug-likeness (QED) is 0.507.